The van der Waals surface area contributed by atoms with Gasteiger partial charge >= 0.3 is 6.03 Å². The van der Waals surface area contributed by atoms with Crippen molar-refractivity contribution in [2.24, 2.45) is 0 Å². The number of aromatic nitrogens is 2. The second-order valence-electron chi connectivity index (χ2n) is 5.61. The highest BCUT2D eigenvalue weighted by Gasteiger charge is 2.19. The van der Waals surface area contributed by atoms with Crippen molar-refractivity contribution in [3.63, 3.8) is 0 Å². The molecule has 6 heteroatoms. The van der Waals surface area contributed by atoms with E-state index in [4.69, 9.17) is 0 Å². The number of carbonyl (C=O) groups excluding carboxylic acids is 1. The van der Waals surface area contributed by atoms with Crippen molar-refractivity contribution in [2.45, 2.75) is 19.4 Å². The molecule has 0 saturated heterocycles. The van der Waals surface area contributed by atoms with E-state index in [9.17, 15) is 9.90 Å². The molecule has 0 bridgehead atoms. The largest absolute Gasteiger partial charge is 0.389 e. The average Bonchev–Trinajstić information content (AvgIpc) is 2.86. The van der Waals surface area contributed by atoms with Crippen LogP contribution >= 0.6 is 0 Å². The first-order valence-corrected chi connectivity index (χ1v) is 6.70. The Balaban J connectivity index is 2.01. The molecule has 0 atom stereocenters. The standard InChI is InChI=1S/C15H20N4O2/c1-15(2,21)11-18(3)14(20)17-12-9-16-19(10-12)13-7-5-4-6-8-13/h4-10,21H,11H2,1-3H3,(H,17,20). The molecule has 2 amide bonds. The van der Waals surface area contributed by atoms with Crippen LogP contribution in [0.4, 0.5) is 10.5 Å². The number of amides is 2. The Morgan fingerprint density at radius 3 is 2.67 bits per heavy atom. The van der Waals surface area contributed by atoms with Gasteiger partial charge in [0.05, 0.1) is 35.9 Å². The van der Waals surface area contributed by atoms with Crippen LogP contribution in [0, 0.1) is 0 Å². The van der Waals surface area contributed by atoms with Crippen LogP contribution < -0.4 is 5.32 Å². The molecule has 2 rings (SSSR count). The number of aliphatic hydroxyl groups is 1. The van der Waals surface area contributed by atoms with E-state index < -0.39 is 5.60 Å². The van der Waals surface area contributed by atoms with Crippen LogP contribution in [-0.2, 0) is 0 Å². The van der Waals surface area contributed by atoms with E-state index in [1.165, 1.54) is 4.90 Å². The number of carbonyl (C=O) groups is 1. The van der Waals surface area contributed by atoms with Gasteiger partial charge in [-0.3, -0.25) is 0 Å². The van der Waals surface area contributed by atoms with E-state index in [0.29, 0.717) is 5.69 Å². The van der Waals surface area contributed by atoms with Gasteiger partial charge in [-0.1, -0.05) is 18.2 Å². The van der Waals surface area contributed by atoms with Gasteiger partial charge in [-0.15, -0.1) is 0 Å². The summed E-state index contributed by atoms with van der Waals surface area (Å²) in [6, 6.07) is 9.35. The average molecular weight is 288 g/mol. The van der Waals surface area contributed by atoms with E-state index in [0.717, 1.165) is 5.69 Å². The van der Waals surface area contributed by atoms with Gasteiger partial charge in [0.2, 0.25) is 0 Å². The second-order valence-corrected chi connectivity index (χ2v) is 5.61. The molecule has 0 aliphatic heterocycles. The highest BCUT2D eigenvalue weighted by Crippen LogP contribution is 2.12. The monoisotopic (exact) mass is 288 g/mol. The number of hydrogen-bond acceptors (Lipinski definition) is 3. The highest BCUT2D eigenvalue weighted by molar-refractivity contribution is 5.88. The number of likely N-dealkylation sites (N-methyl/N-ethyl adjacent to an activating group) is 1. The molecular formula is C15H20N4O2. The first-order chi connectivity index (χ1) is 9.85. The molecular weight excluding hydrogens is 268 g/mol. The Hall–Kier alpha value is -2.34. The van der Waals surface area contributed by atoms with Crippen LogP contribution in [0.1, 0.15) is 13.8 Å². The molecule has 1 aromatic carbocycles. The number of para-hydroxylation sites is 1. The molecule has 0 fully saturated rings. The number of anilines is 1. The fourth-order valence-electron chi connectivity index (χ4n) is 1.98. The number of nitrogens with zero attached hydrogens (tertiary/aromatic N) is 3. The molecule has 0 unspecified atom stereocenters. The van der Waals surface area contributed by atoms with E-state index in [2.05, 4.69) is 10.4 Å². The zero-order chi connectivity index (χ0) is 15.5. The van der Waals surface area contributed by atoms with Crippen molar-refractivity contribution >= 4 is 11.7 Å². The third kappa shape index (κ3) is 4.32. The summed E-state index contributed by atoms with van der Waals surface area (Å²) in [6.45, 7) is 3.56. The van der Waals surface area contributed by atoms with Crippen LogP contribution in [0.5, 0.6) is 0 Å². The predicted octanol–water partition coefficient (Wildman–Crippen LogP) is 2.11. The van der Waals surface area contributed by atoms with Crippen molar-refractivity contribution in [2.75, 3.05) is 18.9 Å². The van der Waals surface area contributed by atoms with Gasteiger partial charge in [-0.2, -0.15) is 5.10 Å². The SMILES string of the molecule is CN(CC(C)(C)O)C(=O)Nc1cnn(-c2ccccc2)c1. The van der Waals surface area contributed by atoms with Crippen molar-refractivity contribution in [3.8, 4) is 5.69 Å². The van der Waals surface area contributed by atoms with Crippen LogP contribution in [-0.4, -0.2) is 45.0 Å². The summed E-state index contributed by atoms with van der Waals surface area (Å²) < 4.78 is 1.69. The molecule has 112 valence electrons. The van der Waals surface area contributed by atoms with Gasteiger partial charge in [-0.05, 0) is 26.0 Å². The number of urea groups is 1. The highest BCUT2D eigenvalue weighted by atomic mass is 16.3. The number of benzene rings is 1. The van der Waals surface area contributed by atoms with E-state index in [1.807, 2.05) is 30.3 Å². The second kappa shape index (κ2) is 5.97. The first-order valence-electron chi connectivity index (χ1n) is 6.70. The van der Waals surface area contributed by atoms with E-state index in [-0.39, 0.29) is 12.6 Å². The molecule has 2 N–H and O–H groups in total. The Morgan fingerprint density at radius 1 is 1.38 bits per heavy atom. The Morgan fingerprint density at radius 2 is 2.05 bits per heavy atom. The Kier molecular flexibility index (Phi) is 4.28. The maximum absolute atomic E-state index is 12.0. The number of hydrogen-bond donors (Lipinski definition) is 2. The molecule has 0 spiro atoms. The maximum Gasteiger partial charge on any atom is 0.321 e. The summed E-state index contributed by atoms with van der Waals surface area (Å²) in [6.07, 6.45) is 3.33. The van der Waals surface area contributed by atoms with Gasteiger partial charge in [0.1, 0.15) is 0 Å². The fourth-order valence-corrected chi connectivity index (χ4v) is 1.98. The summed E-state index contributed by atoms with van der Waals surface area (Å²) in [5, 5.41) is 16.7. The zero-order valence-electron chi connectivity index (χ0n) is 12.4. The normalized spacial score (nSPS) is 11.2. The molecule has 1 aromatic heterocycles. The number of rotatable bonds is 4. The third-order valence-corrected chi connectivity index (χ3v) is 2.83. The van der Waals surface area contributed by atoms with Gasteiger partial charge in [-0.25, -0.2) is 9.48 Å². The lowest BCUT2D eigenvalue weighted by Gasteiger charge is -2.25. The first kappa shape index (κ1) is 15.1. The molecule has 2 aromatic rings. The van der Waals surface area contributed by atoms with Gasteiger partial charge < -0.3 is 15.3 Å². The number of nitrogens with one attached hydrogen (secondary N) is 1. The van der Waals surface area contributed by atoms with Crippen LogP contribution in [0.25, 0.3) is 5.69 Å². The molecule has 0 radical (unpaired) electrons. The topological polar surface area (TPSA) is 70.4 Å². The minimum Gasteiger partial charge on any atom is -0.389 e. The van der Waals surface area contributed by atoms with E-state index in [1.54, 1.807) is 38.0 Å². The lowest BCUT2D eigenvalue weighted by atomic mass is 10.1. The van der Waals surface area contributed by atoms with Crippen LogP contribution in [0.15, 0.2) is 42.7 Å². The molecule has 21 heavy (non-hydrogen) atoms. The summed E-state index contributed by atoms with van der Waals surface area (Å²) >= 11 is 0. The van der Waals surface area contributed by atoms with Gasteiger partial charge in [0.15, 0.2) is 0 Å². The van der Waals surface area contributed by atoms with E-state index >= 15 is 0 Å². The third-order valence-electron chi connectivity index (χ3n) is 2.83. The summed E-state index contributed by atoms with van der Waals surface area (Å²) in [5.74, 6) is 0. The predicted molar refractivity (Wildman–Crippen MR) is 81.5 cm³/mol. The minimum atomic E-state index is -0.930. The Labute approximate surface area is 124 Å². The van der Waals surface area contributed by atoms with Gasteiger partial charge in [0.25, 0.3) is 0 Å². The van der Waals surface area contributed by atoms with Gasteiger partial charge in [0, 0.05) is 7.05 Å². The quantitative estimate of drug-likeness (QED) is 0.905. The molecule has 1 heterocycles. The molecule has 6 nitrogen and oxygen atoms in total. The van der Waals surface area contributed by atoms with Crippen LogP contribution in [0.2, 0.25) is 0 Å². The maximum atomic E-state index is 12.0. The summed E-state index contributed by atoms with van der Waals surface area (Å²) in [5.41, 5.74) is 0.592. The van der Waals surface area contributed by atoms with Crippen LogP contribution in [0.3, 0.4) is 0 Å². The Bertz CT molecular complexity index is 602. The van der Waals surface area contributed by atoms with Crippen molar-refractivity contribution < 1.29 is 9.90 Å². The van der Waals surface area contributed by atoms with Crippen molar-refractivity contribution in [1.29, 1.82) is 0 Å². The zero-order valence-corrected chi connectivity index (χ0v) is 12.4. The lowest BCUT2D eigenvalue weighted by Crippen LogP contribution is -2.41. The lowest BCUT2D eigenvalue weighted by molar-refractivity contribution is 0.0550. The fraction of sp³-hybridized carbons (Fsp3) is 0.333. The molecule has 0 aliphatic carbocycles. The smallest absolute Gasteiger partial charge is 0.321 e. The minimum absolute atomic E-state index is 0.242. The summed E-state index contributed by atoms with van der Waals surface area (Å²) in [4.78, 5) is 13.4. The molecule has 0 aliphatic rings. The van der Waals surface area contributed by atoms with Crippen molar-refractivity contribution in [1.82, 2.24) is 14.7 Å². The van der Waals surface area contributed by atoms with Crippen molar-refractivity contribution in [3.05, 3.63) is 42.7 Å². The molecule has 0 saturated carbocycles. The summed E-state index contributed by atoms with van der Waals surface area (Å²) in [7, 11) is 1.63.